The van der Waals surface area contributed by atoms with E-state index in [9.17, 15) is 13.6 Å². The maximum atomic E-state index is 13.0. The smallest absolute Gasteiger partial charge is 0.251 e. The fourth-order valence-electron chi connectivity index (χ4n) is 2.12. The zero-order valence-electron chi connectivity index (χ0n) is 10.6. The summed E-state index contributed by atoms with van der Waals surface area (Å²) >= 11 is 0. The van der Waals surface area contributed by atoms with E-state index in [2.05, 4.69) is 17.6 Å². The lowest BCUT2D eigenvalue weighted by Gasteiger charge is -2.30. The molecule has 19 heavy (non-hydrogen) atoms. The van der Waals surface area contributed by atoms with Gasteiger partial charge in [-0.25, -0.2) is 8.78 Å². The Morgan fingerprint density at radius 3 is 2.53 bits per heavy atom. The number of hydrogen-bond acceptors (Lipinski definition) is 2. The molecule has 2 rings (SSSR count). The summed E-state index contributed by atoms with van der Waals surface area (Å²) in [5, 5.41) is 5.99. The van der Waals surface area contributed by atoms with E-state index in [0.29, 0.717) is 12.5 Å². The summed E-state index contributed by atoms with van der Waals surface area (Å²) in [5.74, 6) is -1.56. The van der Waals surface area contributed by atoms with Crippen molar-refractivity contribution in [3.63, 3.8) is 0 Å². The van der Waals surface area contributed by atoms with Gasteiger partial charge >= 0.3 is 0 Å². The van der Waals surface area contributed by atoms with Crippen molar-refractivity contribution in [3.05, 3.63) is 35.4 Å². The highest BCUT2D eigenvalue weighted by Gasteiger charge is 2.23. The number of amides is 1. The molecular formula is C13H17ClF2N2O. The third-order valence-electron chi connectivity index (χ3n) is 3.27. The molecule has 0 radical (unpaired) electrons. The summed E-state index contributed by atoms with van der Waals surface area (Å²) in [6.07, 6.45) is 0.975. The minimum absolute atomic E-state index is 0. The van der Waals surface area contributed by atoms with Crippen molar-refractivity contribution in [3.8, 4) is 0 Å². The average molecular weight is 291 g/mol. The molecule has 0 aromatic heterocycles. The van der Waals surface area contributed by atoms with E-state index in [1.165, 1.54) is 0 Å². The van der Waals surface area contributed by atoms with Crippen LogP contribution in [0.3, 0.4) is 0 Å². The van der Waals surface area contributed by atoms with Gasteiger partial charge in [0.15, 0.2) is 0 Å². The molecule has 2 unspecified atom stereocenters. The molecule has 0 aliphatic carbocycles. The largest absolute Gasteiger partial charge is 0.348 e. The van der Waals surface area contributed by atoms with Gasteiger partial charge in [-0.3, -0.25) is 4.79 Å². The van der Waals surface area contributed by atoms with E-state index in [-0.39, 0.29) is 24.0 Å². The van der Waals surface area contributed by atoms with Gasteiger partial charge in [0.25, 0.3) is 5.91 Å². The van der Waals surface area contributed by atoms with Crippen LogP contribution in [0.15, 0.2) is 18.2 Å². The Bertz CT molecular complexity index is 436. The number of nitrogens with one attached hydrogen (secondary N) is 2. The highest BCUT2D eigenvalue weighted by molar-refractivity contribution is 5.94. The van der Waals surface area contributed by atoms with E-state index in [1.54, 1.807) is 0 Å². The molecule has 1 aromatic rings. The first-order valence-corrected chi connectivity index (χ1v) is 6.04. The molecular weight excluding hydrogens is 274 g/mol. The molecule has 0 spiro atoms. The van der Waals surface area contributed by atoms with E-state index < -0.39 is 17.5 Å². The molecule has 3 nitrogen and oxygen atoms in total. The first-order valence-electron chi connectivity index (χ1n) is 6.04. The summed E-state index contributed by atoms with van der Waals surface area (Å²) in [5.41, 5.74) is 0.0188. The second-order valence-electron chi connectivity index (χ2n) is 4.71. The fraction of sp³-hybridized carbons (Fsp3) is 0.462. The van der Waals surface area contributed by atoms with Crippen LogP contribution in [0.1, 0.15) is 23.7 Å². The van der Waals surface area contributed by atoms with Crippen LogP contribution in [-0.2, 0) is 0 Å². The molecule has 6 heteroatoms. The van der Waals surface area contributed by atoms with Crippen LogP contribution in [-0.4, -0.2) is 25.0 Å². The van der Waals surface area contributed by atoms with Gasteiger partial charge in [-0.15, -0.1) is 12.4 Å². The predicted molar refractivity (Wildman–Crippen MR) is 71.5 cm³/mol. The monoisotopic (exact) mass is 290 g/mol. The summed E-state index contributed by atoms with van der Waals surface area (Å²) in [6, 6.07) is 2.83. The van der Waals surface area contributed by atoms with Gasteiger partial charge in [0.2, 0.25) is 0 Å². The van der Waals surface area contributed by atoms with Gasteiger partial charge in [0.05, 0.1) is 0 Å². The zero-order valence-corrected chi connectivity index (χ0v) is 11.4. The standard InChI is InChI=1S/C13H16F2N2O.ClH/c1-8-2-3-16-7-12(8)17-13(18)9-4-10(14)6-11(15)5-9;/h4-6,8,12,16H,2-3,7H2,1H3,(H,17,18);1H. The molecule has 1 fully saturated rings. The van der Waals surface area contributed by atoms with Crippen LogP contribution >= 0.6 is 12.4 Å². The quantitative estimate of drug-likeness (QED) is 0.876. The van der Waals surface area contributed by atoms with Gasteiger partial charge in [0, 0.05) is 24.2 Å². The minimum Gasteiger partial charge on any atom is -0.348 e. The van der Waals surface area contributed by atoms with Gasteiger partial charge in [0.1, 0.15) is 11.6 Å². The van der Waals surface area contributed by atoms with Crippen molar-refractivity contribution in [1.82, 2.24) is 10.6 Å². The van der Waals surface area contributed by atoms with Crippen molar-refractivity contribution < 1.29 is 13.6 Å². The lowest BCUT2D eigenvalue weighted by atomic mass is 9.94. The molecule has 2 N–H and O–H groups in total. The zero-order chi connectivity index (χ0) is 13.1. The van der Waals surface area contributed by atoms with Gasteiger partial charge in [-0.1, -0.05) is 6.92 Å². The summed E-state index contributed by atoms with van der Waals surface area (Å²) in [4.78, 5) is 11.9. The Morgan fingerprint density at radius 2 is 1.95 bits per heavy atom. The Balaban J connectivity index is 0.00000180. The first-order chi connectivity index (χ1) is 8.56. The number of carbonyl (C=O) groups excluding carboxylic acids is 1. The van der Waals surface area contributed by atoms with Crippen molar-refractivity contribution in [2.24, 2.45) is 5.92 Å². The van der Waals surface area contributed by atoms with Gasteiger partial charge in [-0.05, 0) is 31.0 Å². The third kappa shape index (κ3) is 4.14. The maximum absolute atomic E-state index is 13.0. The number of halogens is 3. The topological polar surface area (TPSA) is 41.1 Å². The normalized spacial score (nSPS) is 22.5. The maximum Gasteiger partial charge on any atom is 0.251 e. The molecule has 1 heterocycles. The lowest BCUT2D eigenvalue weighted by molar-refractivity contribution is 0.0914. The minimum atomic E-state index is -0.741. The van der Waals surface area contributed by atoms with Crippen LogP contribution in [0.4, 0.5) is 8.78 Å². The lowest BCUT2D eigenvalue weighted by Crippen LogP contribution is -2.50. The summed E-state index contributed by atoms with van der Waals surface area (Å²) < 4.78 is 26.0. The number of carbonyl (C=O) groups is 1. The first kappa shape index (κ1) is 15.9. The van der Waals surface area contributed by atoms with E-state index in [4.69, 9.17) is 0 Å². The molecule has 2 atom stereocenters. The SMILES string of the molecule is CC1CCNCC1NC(=O)c1cc(F)cc(F)c1.Cl. The molecule has 106 valence electrons. The number of rotatable bonds is 2. The fourth-order valence-corrected chi connectivity index (χ4v) is 2.12. The highest BCUT2D eigenvalue weighted by Crippen LogP contribution is 2.13. The molecule has 0 bridgehead atoms. The van der Waals surface area contributed by atoms with Crippen LogP contribution in [0.5, 0.6) is 0 Å². The number of benzene rings is 1. The Morgan fingerprint density at radius 1 is 1.32 bits per heavy atom. The van der Waals surface area contributed by atoms with Crippen LogP contribution in [0, 0.1) is 17.6 Å². The molecule has 1 saturated heterocycles. The average Bonchev–Trinajstić information content (AvgIpc) is 2.31. The van der Waals surface area contributed by atoms with E-state index in [1.807, 2.05) is 0 Å². The molecule has 0 saturated carbocycles. The van der Waals surface area contributed by atoms with Crippen LogP contribution < -0.4 is 10.6 Å². The number of piperidine rings is 1. The molecule has 1 aliphatic heterocycles. The molecule has 1 aromatic carbocycles. The Kier molecular flexibility index (Phi) is 5.69. The van der Waals surface area contributed by atoms with Crippen molar-refractivity contribution >= 4 is 18.3 Å². The summed E-state index contributed by atoms with van der Waals surface area (Å²) in [7, 11) is 0. The van der Waals surface area contributed by atoms with E-state index >= 15 is 0 Å². The van der Waals surface area contributed by atoms with Crippen molar-refractivity contribution in [1.29, 1.82) is 0 Å². The summed E-state index contributed by atoms with van der Waals surface area (Å²) in [6.45, 7) is 3.67. The number of hydrogen-bond donors (Lipinski definition) is 2. The van der Waals surface area contributed by atoms with Crippen LogP contribution in [0.25, 0.3) is 0 Å². The highest BCUT2D eigenvalue weighted by atomic mass is 35.5. The van der Waals surface area contributed by atoms with Crippen molar-refractivity contribution in [2.75, 3.05) is 13.1 Å². The third-order valence-corrected chi connectivity index (χ3v) is 3.27. The Hall–Kier alpha value is -1.20. The Labute approximate surface area is 117 Å². The molecule has 1 aliphatic rings. The van der Waals surface area contributed by atoms with Crippen LogP contribution in [0.2, 0.25) is 0 Å². The van der Waals surface area contributed by atoms with Gasteiger partial charge in [-0.2, -0.15) is 0 Å². The molecule has 1 amide bonds. The second-order valence-corrected chi connectivity index (χ2v) is 4.71. The van der Waals surface area contributed by atoms with Crippen molar-refractivity contribution in [2.45, 2.75) is 19.4 Å². The van der Waals surface area contributed by atoms with Gasteiger partial charge < -0.3 is 10.6 Å². The second kappa shape index (κ2) is 6.82. The van der Waals surface area contributed by atoms with E-state index in [0.717, 1.165) is 31.2 Å². The predicted octanol–water partition coefficient (Wildman–Crippen LogP) is 2.11.